The van der Waals surface area contributed by atoms with E-state index < -0.39 is 17.6 Å². The van der Waals surface area contributed by atoms with Crippen LogP contribution >= 0.6 is 0 Å². The minimum Gasteiger partial charge on any atom is -0.381 e. The predicted octanol–water partition coefficient (Wildman–Crippen LogP) is 4.42. The van der Waals surface area contributed by atoms with Gasteiger partial charge in [0.2, 0.25) is 5.91 Å². The average Bonchev–Trinajstić information content (AvgIpc) is 3.30. The number of anilines is 1. The highest BCUT2D eigenvalue weighted by molar-refractivity contribution is 5.81. The van der Waals surface area contributed by atoms with Gasteiger partial charge in [-0.25, -0.2) is 13.2 Å². The Morgan fingerprint density at radius 1 is 0.861 bits per heavy atom. The Kier molecular flexibility index (Phi) is 7.26. The number of piperazine rings is 1. The Bertz CT molecular complexity index is 1060. The lowest BCUT2D eigenvalue weighted by Crippen LogP contribution is -2.59. The number of halogens is 3. The summed E-state index contributed by atoms with van der Waals surface area (Å²) in [6.45, 7) is 7.72. The number of rotatable bonds is 4. The van der Waals surface area contributed by atoms with Gasteiger partial charge in [-0.05, 0) is 62.6 Å². The Morgan fingerprint density at radius 3 is 2.14 bits per heavy atom. The van der Waals surface area contributed by atoms with Crippen molar-refractivity contribution in [3.63, 3.8) is 0 Å². The summed E-state index contributed by atoms with van der Waals surface area (Å²) in [7, 11) is 0. The van der Waals surface area contributed by atoms with E-state index in [-0.39, 0.29) is 29.7 Å². The number of benzene rings is 2. The molecule has 2 aromatic carbocycles. The van der Waals surface area contributed by atoms with E-state index in [1.54, 1.807) is 12.1 Å². The molecule has 1 amide bonds. The molecule has 8 heteroatoms. The first-order valence-electron chi connectivity index (χ1n) is 12.9. The fourth-order valence-corrected chi connectivity index (χ4v) is 6.41. The maximum atomic E-state index is 14.9. The Labute approximate surface area is 210 Å². The summed E-state index contributed by atoms with van der Waals surface area (Å²) in [5.41, 5.74) is 1.34. The van der Waals surface area contributed by atoms with Gasteiger partial charge in [-0.2, -0.15) is 0 Å². The van der Waals surface area contributed by atoms with E-state index in [0.29, 0.717) is 51.0 Å². The van der Waals surface area contributed by atoms with Crippen molar-refractivity contribution in [2.24, 2.45) is 5.92 Å². The number of hydrogen-bond donors (Lipinski definition) is 0. The second-order valence-corrected chi connectivity index (χ2v) is 10.5. The summed E-state index contributed by atoms with van der Waals surface area (Å²) in [6.07, 6.45) is 1.79. The number of carbonyl (C=O) groups is 1. The average molecular weight is 502 g/mol. The van der Waals surface area contributed by atoms with Gasteiger partial charge in [-0.3, -0.25) is 9.69 Å². The molecule has 5 rings (SSSR count). The molecule has 194 valence electrons. The number of likely N-dealkylation sites (tertiary alicyclic amines) is 1. The van der Waals surface area contributed by atoms with Gasteiger partial charge in [0.1, 0.15) is 17.5 Å². The normalized spacial score (nSPS) is 28.0. The zero-order valence-corrected chi connectivity index (χ0v) is 20.9. The van der Waals surface area contributed by atoms with Crippen molar-refractivity contribution >= 4 is 11.6 Å². The fraction of sp³-hybridized carbons (Fsp3) is 0.536. The highest BCUT2D eigenvalue weighted by atomic mass is 19.1. The molecule has 3 aliphatic rings. The van der Waals surface area contributed by atoms with Gasteiger partial charge in [-0.15, -0.1) is 0 Å². The molecule has 3 saturated heterocycles. The lowest BCUT2D eigenvalue weighted by molar-refractivity contribution is -0.137. The third-order valence-corrected chi connectivity index (χ3v) is 8.09. The van der Waals surface area contributed by atoms with Gasteiger partial charge in [0.15, 0.2) is 0 Å². The Hall–Kier alpha value is -2.58. The van der Waals surface area contributed by atoms with Crippen LogP contribution in [0.25, 0.3) is 0 Å². The Morgan fingerprint density at radius 2 is 1.50 bits per heavy atom. The van der Waals surface area contributed by atoms with Gasteiger partial charge < -0.3 is 14.5 Å². The minimum absolute atomic E-state index is 0.0238. The first-order chi connectivity index (χ1) is 17.3. The van der Waals surface area contributed by atoms with E-state index in [9.17, 15) is 18.0 Å². The molecule has 4 atom stereocenters. The summed E-state index contributed by atoms with van der Waals surface area (Å²) in [5, 5.41) is 0. The van der Waals surface area contributed by atoms with E-state index in [4.69, 9.17) is 4.74 Å². The van der Waals surface area contributed by atoms with Crippen molar-refractivity contribution < 1.29 is 22.7 Å². The fourth-order valence-electron chi connectivity index (χ4n) is 6.41. The number of nitrogens with zero attached hydrogens (tertiary/aromatic N) is 3. The molecule has 5 nitrogen and oxygen atoms in total. The minimum atomic E-state index is -0.613. The van der Waals surface area contributed by atoms with Crippen LogP contribution in [-0.2, 0) is 9.53 Å². The van der Waals surface area contributed by atoms with Crippen LogP contribution in [0.3, 0.4) is 0 Å². The van der Waals surface area contributed by atoms with Crippen molar-refractivity contribution in [2.45, 2.75) is 50.7 Å². The summed E-state index contributed by atoms with van der Waals surface area (Å²) >= 11 is 0. The van der Waals surface area contributed by atoms with Crippen molar-refractivity contribution in [1.82, 2.24) is 9.80 Å². The molecule has 0 aromatic heterocycles. The lowest BCUT2D eigenvalue weighted by atomic mass is 9.87. The molecule has 0 radical (unpaired) electrons. The molecule has 0 saturated carbocycles. The van der Waals surface area contributed by atoms with E-state index in [2.05, 4.69) is 23.6 Å². The maximum Gasteiger partial charge on any atom is 0.227 e. The molecule has 0 aliphatic carbocycles. The number of carbonyl (C=O) groups excluding carboxylic acids is 1. The third-order valence-electron chi connectivity index (χ3n) is 8.09. The quantitative estimate of drug-likeness (QED) is 0.622. The Balaban J connectivity index is 1.37. The van der Waals surface area contributed by atoms with Crippen molar-refractivity contribution in [2.75, 3.05) is 44.3 Å². The van der Waals surface area contributed by atoms with E-state index in [1.165, 1.54) is 24.3 Å². The smallest absolute Gasteiger partial charge is 0.227 e. The first kappa shape index (κ1) is 25.1. The molecule has 2 unspecified atom stereocenters. The second-order valence-electron chi connectivity index (χ2n) is 10.5. The van der Waals surface area contributed by atoms with Crippen LogP contribution in [0, 0.1) is 23.4 Å². The summed E-state index contributed by atoms with van der Waals surface area (Å²) in [6, 6.07) is 10.5. The molecule has 36 heavy (non-hydrogen) atoms. The van der Waals surface area contributed by atoms with Gasteiger partial charge in [0.05, 0.1) is 5.92 Å². The molecule has 3 aliphatic heterocycles. The van der Waals surface area contributed by atoms with Crippen LogP contribution in [0.4, 0.5) is 18.9 Å². The predicted molar refractivity (Wildman–Crippen MR) is 132 cm³/mol. The van der Waals surface area contributed by atoms with Crippen LogP contribution in [-0.4, -0.2) is 73.2 Å². The first-order valence-corrected chi connectivity index (χ1v) is 12.9. The standard InChI is InChI=1S/C28H34F3N3O2/c1-18-14-33(15-19(2)34(18)23-6-3-20(29)4-7-23)28(35)26-17-32(22-9-11-36-12-10-22)16-25(26)24-8-5-21(30)13-27(24)31/h3-8,13,18-19,22,25-26H,9-12,14-17H2,1-2H3/t18-,19+,25?,26?. The molecular weight excluding hydrogens is 467 g/mol. The van der Waals surface area contributed by atoms with Crippen LogP contribution in [0.1, 0.15) is 38.2 Å². The largest absolute Gasteiger partial charge is 0.381 e. The molecule has 0 spiro atoms. The van der Waals surface area contributed by atoms with Gasteiger partial charge in [0.25, 0.3) is 0 Å². The van der Waals surface area contributed by atoms with Crippen LogP contribution in [0.2, 0.25) is 0 Å². The van der Waals surface area contributed by atoms with Crippen LogP contribution < -0.4 is 4.90 Å². The van der Waals surface area contributed by atoms with E-state index in [1.807, 2.05) is 4.90 Å². The molecule has 0 N–H and O–H groups in total. The van der Waals surface area contributed by atoms with Crippen LogP contribution in [0.15, 0.2) is 42.5 Å². The molecular formula is C28H34F3N3O2. The third kappa shape index (κ3) is 4.98. The van der Waals surface area contributed by atoms with E-state index >= 15 is 0 Å². The van der Waals surface area contributed by atoms with Crippen molar-refractivity contribution in [1.29, 1.82) is 0 Å². The lowest BCUT2D eigenvalue weighted by Gasteiger charge is -2.46. The zero-order valence-electron chi connectivity index (χ0n) is 20.9. The molecule has 0 bridgehead atoms. The van der Waals surface area contributed by atoms with Crippen molar-refractivity contribution in [3.05, 3.63) is 65.5 Å². The summed E-state index contributed by atoms with van der Waals surface area (Å²) in [4.78, 5) is 20.4. The molecule has 3 heterocycles. The molecule has 3 fully saturated rings. The number of ether oxygens (including phenoxy) is 1. The highest BCUT2D eigenvalue weighted by Gasteiger charge is 2.45. The van der Waals surface area contributed by atoms with Crippen LogP contribution in [0.5, 0.6) is 0 Å². The maximum absolute atomic E-state index is 14.9. The zero-order chi connectivity index (χ0) is 25.4. The van der Waals surface area contributed by atoms with E-state index in [0.717, 1.165) is 24.6 Å². The summed E-state index contributed by atoms with van der Waals surface area (Å²) < 4.78 is 47.5. The van der Waals surface area contributed by atoms with Gasteiger partial charge >= 0.3 is 0 Å². The van der Waals surface area contributed by atoms with Crippen molar-refractivity contribution in [3.8, 4) is 0 Å². The molecule has 2 aromatic rings. The van der Waals surface area contributed by atoms with Gasteiger partial charge in [-0.1, -0.05) is 6.07 Å². The summed E-state index contributed by atoms with van der Waals surface area (Å²) in [5.74, 6) is -2.18. The number of hydrogen-bond acceptors (Lipinski definition) is 4. The monoisotopic (exact) mass is 501 g/mol. The topological polar surface area (TPSA) is 36.0 Å². The highest BCUT2D eigenvalue weighted by Crippen LogP contribution is 2.38. The van der Waals surface area contributed by atoms with Gasteiger partial charge in [0, 0.05) is 75.2 Å². The SMILES string of the molecule is C[C@@H]1CN(C(=O)C2CN(C3CCOCC3)CC2c2ccc(F)cc2F)C[C@H](C)N1c1ccc(F)cc1. The second kappa shape index (κ2) is 10.4. The number of amides is 1.